The van der Waals surface area contributed by atoms with E-state index >= 15 is 0 Å². The first-order valence-corrected chi connectivity index (χ1v) is 20.8. The van der Waals surface area contributed by atoms with Gasteiger partial charge in [-0.15, -0.1) is 0 Å². The molecule has 0 bridgehead atoms. The zero-order chi connectivity index (χ0) is 40.6. The number of fused-ring (bicyclic) bond motifs is 6. The molecular weight excluding hydrogens is 727 g/mol. The number of nitrogens with zero attached hydrogens (tertiary/aromatic N) is 3. The maximum atomic E-state index is 5.27. The molecule has 0 amide bonds. The van der Waals surface area contributed by atoms with Crippen LogP contribution in [0, 0.1) is 0 Å². The van der Waals surface area contributed by atoms with Gasteiger partial charge < -0.3 is 0 Å². The van der Waals surface area contributed by atoms with Crippen molar-refractivity contribution < 1.29 is 0 Å². The van der Waals surface area contributed by atoms with E-state index in [0.29, 0.717) is 17.5 Å². The second kappa shape index (κ2) is 13.7. The average Bonchev–Trinajstić information content (AvgIpc) is 3.68. The summed E-state index contributed by atoms with van der Waals surface area (Å²) in [7, 11) is 0. The van der Waals surface area contributed by atoms with Crippen molar-refractivity contribution in [2.24, 2.45) is 0 Å². The van der Waals surface area contributed by atoms with Crippen LogP contribution in [-0.2, 0) is 10.8 Å². The standard InChI is InChI=1S/C57H43N3/c1-56(2)49-21-13-11-19-45(49)47-29-27-40(34-51(47)56)42-31-43(41-28-30-48-46-20-12-14-22-50(46)57(3,4)52(48)35-41)33-44(32-42)55-59-53(38-17-9-6-10-18-38)58-54(60-55)39-25-23-37(24-26-39)36-15-7-5-8-16-36/h5-35H,1-4H3. The van der Waals surface area contributed by atoms with Crippen LogP contribution in [0.25, 0.3) is 89.8 Å². The van der Waals surface area contributed by atoms with Gasteiger partial charge in [0.15, 0.2) is 17.5 Å². The van der Waals surface area contributed by atoms with E-state index in [-0.39, 0.29) is 10.8 Å². The van der Waals surface area contributed by atoms with E-state index in [1.54, 1.807) is 0 Å². The maximum Gasteiger partial charge on any atom is 0.164 e. The summed E-state index contributed by atoms with van der Waals surface area (Å²) in [6, 6.07) is 67.8. The first kappa shape index (κ1) is 35.9. The Kier molecular flexibility index (Phi) is 8.18. The topological polar surface area (TPSA) is 38.7 Å². The first-order chi connectivity index (χ1) is 29.2. The Balaban J connectivity index is 1.10. The Bertz CT molecular complexity index is 3000. The molecule has 0 fully saturated rings. The molecule has 1 heterocycles. The fraction of sp³-hybridized carbons (Fsp3) is 0.105. The molecule has 1 aromatic heterocycles. The van der Waals surface area contributed by atoms with Crippen molar-refractivity contribution in [3.63, 3.8) is 0 Å². The molecule has 8 aromatic carbocycles. The van der Waals surface area contributed by atoms with Crippen molar-refractivity contribution in [3.8, 4) is 89.8 Å². The van der Waals surface area contributed by atoms with Crippen molar-refractivity contribution >= 4 is 0 Å². The van der Waals surface area contributed by atoms with Gasteiger partial charge in [-0.1, -0.05) is 185 Å². The molecule has 2 aliphatic rings. The zero-order valence-corrected chi connectivity index (χ0v) is 34.2. The normalized spacial score (nSPS) is 13.9. The minimum Gasteiger partial charge on any atom is -0.208 e. The van der Waals surface area contributed by atoms with Crippen LogP contribution in [0.5, 0.6) is 0 Å². The number of aromatic nitrogens is 3. The van der Waals surface area contributed by atoms with E-state index in [0.717, 1.165) is 33.4 Å². The van der Waals surface area contributed by atoms with Crippen molar-refractivity contribution in [2.75, 3.05) is 0 Å². The zero-order valence-electron chi connectivity index (χ0n) is 34.2. The monoisotopic (exact) mass is 769 g/mol. The van der Waals surface area contributed by atoms with E-state index in [9.17, 15) is 0 Å². The fourth-order valence-electron chi connectivity index (χ4n) is 9.65. The van der Waals surface area contributed by atoms with Gasteiger partial charge in [0.1, 0.15) is 0 Å². The predicted octanol–water partition coefficient (Wildman–Crippen LogP) is 14.5. The van der Waals surface area contributed by atoms with Crippen molar-refractivity contribution in [1.29, 1.82) is 0 Å². The van der Waals surface area contributed by atoms with Gasteiger partial charge >= 0.3 is 0 Å². The molecule has 0 N–H and O–H groups in total. The van der Waals surface area contributed by atoms with E-state index in [1.165, 1.54) is 61.2 Å². The highest BCUT2D eigenvalue weighted by Crippen LogP contribution is 2.51. The molecule has 0 radical (unpaired) electrons. The van der Waals surface area contributed by atoms with Gasteiger partial charge in [-0.05, 0) is 108 Å². The van der Waals surface area contributed by atoms with Crippen LogP contribution in [0.2, 0.25) is 0 Å². The molecule has 9 aromatic rings. The van der Waals surface area contributed by atoms with Gasteiger partial charge in [0.05, 0.1) is 0 Å². The summed E-state index contributed by atoms with van der Waals surface area (Å²) in [5.41, 5.74) is 20.2. The van der Waals surface area contributed by atoms with Gasteiger partial charge in [-0.25, -0.2) is 15.0 Å². The molecule has 286 valence electrons. The summed E-state index contributed by atoms with van der Waals surface area (Å²) in [4.78, 5) is 15.6. The summed E-state index contributed by atoms with van der Waals surface area (Å²) in [6.07, 6.45) is 0. The quantitative estimate of drug-likeness (QED) is 0.169. The van der Waals surface area contributed by atoms with Crippen molar-refractivity contribution in [1.82, 2.24) is 15.0 Å². The number of rotatable bonds is 6. The number of hydrogen-bond acceptors (Lipinski definition) is 3. The van der Waals surface area contributed by atoms with Gasteiger partial charge in [0.2, 0.25) is 0 Å². The third kappa shape index (κ3) is 5.84. The van der Waals surface area contributed by atoms with E-state index < -0.39 is 0 Å². The highest BCUT2D eigenvalue weighted by atomic mass is 15.0. The smallest absolute Gasteiger partial charge is 0.164 e. The van der Waals surface area contributed by atoms with Crippen LogP contribution < -0.4 is 0 Å². The average molecular weight is 770 g/mol. The molecule has 0 atom stereocenters. The van der Waals surface area contributed by atoms with E-state index in [4.69, 9.17) is 15.0 Å². The minimum atomic E-state index is -0.118. The lowest BCUT2D eigenvalue weighted by Gasteiger charge is -2.22. The fourth-order valence-corrected chi connectivity index (χ4v) is 9.65. The highest BCUT2D eigenvalue weighted by Gasteiger charge is 2.36. The summed E-state index contributed by atoms with van der Waals surface area (Å²) < 4.78 is 0. The number of hydrogen-bond donors (Lipinski definition) is 0. The van der Waals surface area contributed by atoms with Crippen LogP contribution in [-0.4, -0.2) is 15.0 Å². The van der Waals surface area contributed by atoms with E-state index in [1.807, 2.05) is 24.3 Å². The highest BCUT2D eigenvalue weighted by molar-refractivity contribution is 5.88. The molecule has 11 rings (SSSR count). The summed E-state index contributed by atoms with van der Waals surface area (Å²) in [6.45, 7) is 9.38. The predicted molar refractivity (Wildman–Crippen MR) is 248 cm³/mol. The summed E-state index contributed by atoms with van der Waals surface area (Å²) in [5.74, 6) is 1.92. The molecule has 60 heavy (non-hydrogen) atoms. The summed E-state index contributed by atoms with van der Waals surface area (Å²) >= 11 is 0. The molecule has 0 spiro atoms. The lowest BCUT2D eigenvalue weighted by Crippen LogP contribution is -2.15. The molecule has 3 nitrogen and oxygen atoms in total. The second-order valence-electron chi connectivity index (χ2n) is 17.3. The molecule has 2 aliphatic carbocycles. The number of benzene rings is 8. The Labute approximate surface area is 352 Å². The maximum absolute atomic E-state index is 5.27. The lowest BCUT2D eigenvalue weighted by molar-refractivity contribution is 0.660. The molecule has 0 saturated heterocycles. The van der Waals surface area contributed by atoms with Gasteiger partial charge in [0, 0.05) is 27.5 Å². The van der Waals surface area contributed by atoms with Crippen molar-refractivity contribution in [2.45, 2.75) is 38.5 Å². The SMILES string of the molecule is CC1(C)c2ccccc2-c2ccc(-c3cc(-c4ccc5c(c4)C(C)(C)c4ccccc4-5)cc(-c4nc(-c5ccccc5)nc(-c5ccc(-c6ccccc6)cc5)n4)c3)cc21. The molecule has 0 unspecified atom stereocenters. The Morgan fingerprint density at radius 2 is 0.583 bits per heavy atom. The van der Waals surface area contributed by atoms with Crippen LogP contribution in [0.15, 0.2) is 188 Å². The first-order valence-electron chi connectivity index (χ1n) is 20.8. The van der Waals surface area contributed by atoms with Crippen LogP contribution >= 0.6 is 0 Å². The Morgan fingerprint density at radius 3 is 1.08 bits per heavy atom. The van der Waals surface area contributed by atoms with Gasteiger partial charge in [0.25, 0.3) is 0 Å². The molecule has 0 aliphatic heterocycles. The van der Waals surface area contributed by atoms with Crippen LogP contribution in [0.4, 0.5) is 0 Å². The van der Waals surface area contributed by atoms with Crippen LogP contribution in [0.3, 0.4) is 0 Å². The summed E-state index contributed by atoms with van der Waals surface area (Å²) in [5, 5.41) is 0. The molecule has 0 saturated carbocycles. The second-order valence-corrected chi connectivity index (χ2v) is 17.3. The van der Waals surface area contributed by atoms with Gasteiger partial charge in [-0.3, -0.25) is 0 Å². The molecular formula is C57H43N3. The Hall–Kier alpha value is -7.23. The molecule has 3 heteroatoms. The minimum absolute atomic E-state index is 0.118. The van der Waals surface area contributed by atoms with Crippen molar-refractivity contribution in [3.05, 3.63) is 210 Å². The Morgan fingerprint density at radius 1 is 0.250 bits per heavy atom. The van der Waals surface area contributed by atoms with E-state index in [2.05, 4.69) is 191 Å². The lowest BCUT2D eigenvalue weighted by atomic mass is 9.81. The third-order valence-corrected chi connectivity index (χ3v) is 12.9. The van der Waals surface area contributed by atoms with Crippen LogP contribution in [0.1, 0.15) is 49.9 Å². The third-order valence-electron chi connectivity index (χ3n) is 12.9. The van der Waals surface area contributed by atoms with Gasteiger partial charge in [-0.2, -0.15) is 0 Å². The largest absolute Gasteiger partial charge is 0.208 e.